The minimum atomic E-state index is -0.0617. The van der Waals surface area contributed by atoms with Crippen LogP contribution < -0.4 is 0 Å². The van der Waals surface area contributed by atoms with Crippen LogP contribution in [0.4, 0.5) is 0 Å². The molecule has 2 rings (SSSR count). The lowest BCUT2D eigenvalue weighted by Crippen LogP contribution is -1.97. The maximum atomic E-state index is 11.7. The van der Waals surface area contributed by atoms with Crippen molar-refractivity contribution < 1.29 is 4.79 Å². The number of rotatable bonds is 3. The van der Waals surface area contributed by atoms with E-state index in [2.05, 4.69) is 5.10 Å². The normalized spacial score (nSPS) is 11.1. The third-order valence-electron chi connectivity index (χ3n) is 2.25. The summed E-state index contributed by atoms with van der Waals surface area (Å²) in [7, 11) is 1.80. The lowest BCUT2D eigenvalue weighted by molar-refractivity contribution is 0.104. The second-order valence-corrected chi connectivity index (χ2v) is 4.49. The van der Waals surface area contributed by atoms with Gasteiger partial charge in [-0.15, -0.1) is 11.3 Å². The highest BCUT2D eigenvalue weighted by Crippen LogP contribution is 2.17. The zero-order valence-corrected chi connectivity index (χ0v) is 9.99. The number of carbonyl (C=O) groups is 1. The van der Waals surface area contributed by atoms with Crippen LogP contribution in [0.5, 0.6) is 0 Å². The molecule has 0 bridgehead atoms. The molecule has 0 radical (unpaired) electrons. The fourth-order valence-corrected chi connectivity index (χ4v) is 2.16. The zero-order chi connectivity index (χ0) is 11.5. The summed E-state index contributed by atoms with van der Waals surface area (Å²) in [6.07, 6.45) is 5.18. The molecule has 82 valence electrons. The van der Waals surface area contributed by atoms with Crippen LogP contribution in [0, 0.1) is 6.92 Å². The first-order chi connectivity index (χ1) is 7.66. The molecule has 4 heteroatoms. The van der Waals surface area contributed by atoms with Gasteiger partial charge in [0.1, 0.15) is 5.69 Å². The summed E-state index contributed by atoms with van der Waals surface area (Å²) in [5.41, 5.74) is 1.67. The van der Waals surface area contributed by atoms with Crippen molar-refractivity contribution in [3.63, 3.8) is 0 Å². The Bertz CT molecular complexity index is 537. The van der Waals surface area contributed by atoms with E-state index in [0.717, 1.165) is 4.88 Å². The van der Waals surface area contributed by atoms with Crippen molar-refractivity contribution in [2.75, 3.05) is 0 Å². The maximum absolute atomic E-state index is 11.7. The van der Waals surface area contributed by atoms with Crippen molar-refractivity contribution in [2.45, 2.75) is 6.92 Å². The number of nitrogens with zero attached hydrogens (tertiary/aromatic N) is 2. The molecular weight excluding hydrogens is 220 g/mol. The van der Waals surface area contributed by atoms with E-state index in [1.807, 2.05) is 24.4 Å². The Balaban J connectivity index is 2.14. The highest BCUT2D eigenvalue weighted by atomic mass is 32.1. The quantitative estimate of drug-likeness (QED) is 0.602. The van der Waals surface area contributed by atoms with Gasteiger partial charge < -0.3 is 0 Å². The van der Waals surface area contributed by atoms with Gasteiger partial charge in [-0.05, 0) is 42.2 Å². The first-order valence-corrected chi connectivity index (χ1v) is 5.81. The highest BCUT2D eigenvalue weighted by Gasteiger charge is 2.04. The number of thiophene rings is 1. The molecule has 0 N–H and O–H groups in total. The number of allylic oxidation sites excluding steroid dienone is 1. The molecule has 0 aliphatic carbocycles. The summed E-state index contributed by atoms with van der Waals surface area (Å²) in [4.78, 5) is 12.8. The summed E-state index contributed by atoms with van der Waals surface area (Å²) in [6, 6.07) is 3.75. The van der Waals surface area contributed by atoms with Crippen LogP contribution in [0.2, 0.25) is 0 Å². The molecule has 2 aromatic rings. The SMILES string of the molecule is Cc1ccsc1/C=C/C(=O)c1ccn(C)n1. The van der Waals surface area contributed by atoms with Crippen molar-refractivity contribution in [2.24, 2.45) is 7.05 Å². The van der Waals surface area contributed by atoms with Gasteiger partial charge >= 0.3 is 0 Å². The van der Waals surface area contributed by atoms with Gasteiger partial charge in [0.25, 0.3) is 0 Å². The van der Waals surface area contributed by atoms with Gasteiger partial charge in [0, 0.05) is 18.1 Å². The fraction of sp³-hybridized carbons (Fsp3) is 0.167. The van der Waals surface area contributed by atoms with E-state index in [4.69, 9.17) is 0 Å². The predicted octanol–water partition coefficient (Wildman–Crippen LogP) is 2.69. The molecular formula is C12H12N2OS. The van der Waals surface area contributed by atoms with E-state index in [1.54, 1.807) is 41.4 Å². The minimum Gasteiger partial charge on any atom is -0.287 e. The van der Waals surface area contributed by atoms with Crippen LogP contribution in [-0.4, -0.2) is 15.6 Å². The Hall–Kier alpha value is -1.68. The van der Waals surface area contributed by atoms with Gasteiger partial charge in [-0.2, -0.15) is 5.10 Å². The molecule has 0 aliphatic rings. The third kappa shape index (κ3) is 2.28. The molecule has 2 heterocycles. The van der Waals surface area contributed by atoms with Crippen molar-refractivity contribution in [3.8, 4) is 0 Å². The first kappa shape index (κ1) is 10.8. The van der Waals surface area contributed by atoms with E-state index in [-0.39, 0.29) is 5.78 Å². The molecule has 0 fully saturated rings. The van der Waals surface area contributed by atoms with Gasteiger partial charge in [0.05, 0.1) is 0 Å². The van der Waals surface area contributed by atoms with E-state index in [1.165, 1.54) is 5.56 Å². The van der Waals surface area contributed by atoms with Crippen LogP contribution in [0.3, 0.4) is 0 Å². The first-order valence-electron chi connectivity index (χ1n) is 4.93. The largest absolute Gasteiger partial charge is 0.287 e. The number of hydrogen-bond acceptors (Lipinski definition) is 3. The summed E-state index contributed by atoms with van der Waals surface area (Å²) in [6.45, 7) is 2.03. The Morgan fingerprint density at radius 2 is 2.31 bits per heavy atom. The molecule has 0 unspecified atom stereocenters. The van der Waals surface area contributed by atoms with Gasteiger partial charge in [0.2, 0.25) is 5.78 Å². The van der Waals surface area contributed by atoms with Gasteiger partial charge in [0.15, 0.2) is 0 Å². The summed E-state index contributed by atoms with van der Waals surface area (Å²) < 4.78 is 1.62. The van der Waals surface area contributed by atoms with E-state index in [9.17, 15) is 4.79 Å². The molecule has 0 saturated heterocycles. The smallest absolute Gasteiger partial charge is 0.206 e. The second-order valence-electron chi connectivity index (χ2n) is 3.54. The van der Waals surface area contributed by atoms with Gasteiger partial charge in [-0.3, -0.25) is 9.48 Å². The van der Waals surface area contributed by atoms with Crippen LogP contribution in [0.1, 0.15) is 20.9 Å². The zero-order valence-electron chi connectivity index (χ0n) is 9.18. The lowest BCUT2D eigenvalue weighted by Gasteiger charge is -1.90. The Labute approximate surface area is 98.0 Å². The summed E-state index contributed by atoms with van der Waals surface area (Å²) >= 11 is 1.63. The fourth-order valence-electron chi connectivity index (χ4n) is 1.34. The molecule has 0 amide bonds. The lowest BCUT2D eigenvalue weighted by atomic mass is 10.2. The predicted molar refractivity (Wildman–Crippen MR) is 65.6 cm³/mol. The van der Waals surface area contributed by atoms with E-state index in [0.29, 0.717) is 5.69 Å². The Morgan fingerprint density at radius 1 is 1.50 bits per heavy atom. The van der Waals surface area contributed by atoms with Crippen LogP contribution in [-0.2, 0) is 7.05 Å². The highest BCUT2D eigenvalue weighted by molar-refractivity contribution is 7.11. The second kappa shape index (κ2) is 4.45. The van der Waals surface area contributed by atoms with Gasteiger partial charge in [-0.25, -0.2) is 0 Å². The molecule has 0 spiro atoms. The molecule has 16 heavy (non-hydrogen) atoms. The number of hydrogen-bond donors (Lipinski definition) is 0. The number of aryl methyl sites for hydroxylation is 2. The standard InChI is InChI=1S/C12H12N2OS/c1-9-6-8-16-12(9)4-3-11(15)10-5-7-14(2)13-10/h3-8H,1-2H3/b4-3+. The topological polar surface area (TPSA) is 34.9 Å². The molecule has 0 atom stereocenters. The van der Waals surface area contributed by atoms with Crippen molar-refractivity contribution in [1.82, 2.24) is 9.78 Å². The Kier molecular flexibility index (Phi) is 3.01. The number of aromatic nitrogens is 2. The van der Waals surface area contributed by atoms with Crippen LogP contribution in [0.25, 0.3) is 6.08 Å². The van der Waals surface area contributed by atoms with E-state index < -0.39 is 0 Å². The van der Waals surface area contributed by atoms with E-state index >= 15 is 0 Å². The third-order valence-corrected chi connectivity index (χ3v) is 3.24. The van der Waals surface area contributed by atoms with Crippen molar-refractivity contribution in [3.05, 3.63) is 45.9 Å². The molecule has 3 nitrogen and oxygen atoms in total. The molecule has 0 saturated carbocycles. The van der Waals surface area contributed by atoms with Gasteiger partial charge in [-0.1, -0.05) is 0 Å². The average molecular weight is 232 g/mol. The maximum Gasteiger partial charge on any atom is 0.206 e. The summed E-state index contributed by atoms with van der Waals surface area (Å²) in [5.74, 6) is -0.0617. The van der Waals surface area contributed by atoms with Crippen LogP contribution >= 0.6 is 11.3 Å². The summed E-state index contributed by atoms with van der Waals surface area (Å²) in [5, 5.41) is 6.07. The van der Waals surface area contributed by atoms with Crippen molar-refractivity contribution in [1.29, 1.82) is 0 Å². The molecule has 2 aromatic heterocycles. The Morgan fingerprint density at radius 3 is 2.88 bits per heavy atom. The van der Waals surface area contributed by atoms with Crippen LogP contribution in [0.15, 0.2) is 29.8 Å². The molecule has 0 aromatic carbocycles. The van der Waals surface area contributed by atoms with Crippen molar-refractivity contribution >= 4 is 23.2 Å². The number of carbonyl (C=O) groups excluding carboxylic acids is 1. The molecule has 0 aliphatic heterocycles. The number of ketones is 1. The average Bonchev–Trinajstić information content (AvgIpc) is 2.84. The minimum absolute atomic E-state index is 0.0617. The monoisotopic (exact) mass is 232 g/mol.